The van der Waals surface area contributed by atoms with Crippen molar-refractivity contribution in [3.8, 4) is 0 Å². The average molecular weight is 314 g/mol. The molecule has 0 saturated heterocycles. The molecule has 3 rings (SSSR count). The second kappa shape index (κ2) is 6.21. The van der Waals surface area contributed by atoms with Crippen LogP contribution in [0.2, 0.25) is 10.0 Å². The third-order valence-corrected chi connectivity index (χ3v) is 3.69. The summed E-state index contributed by atoms with van der Waals surface area (Å²) in [5.74, 6) is 0. The van der Waals surface area contributed by atoms with Gasteiger partial charge in [0.2, 0.25) is 0 Å². The van der Waals surface area contributed by atoms with E-state index in [-0.39, 0.29) is 0 Å². The zero-order valence-corrected chi connectivity index (χ0v) is 12.7. The lowest BCUT2D eigenvalue weighted by Gasteiger charge is -2.25. The van der Waals surface area contributed by atoms with Crippen molar-refractivity contribution in [1.82, 2.24) is 0 Å². The van der Waals surface area contributed by atoms with Crippen LogP contribution in [0.5, 0.6) is 0 Å². The van der Waals surface area contributed by atoms with E-state index in [1.807, 2.05) is 66.7 Å². The third kappa shape index (κ3) is 3.21. The van der Waals surface area contributed by atoms with Gasteiger partial charge in [0.05, 0.1) is 0 Å². The van der Waals surface area contributed by atoms with E-state index in [2.05, 4.69) is 17.0 Å². The van der Waals surface area contributed by atoms with Crippen molar-refractivity contribution in [2.24, 2.45) is 0 Å². The van der Waals surface area contributed by atoms with Gasteiger partial charge < -0.3 is 4.90 Å². The van der Waals surface area contributed by atoms with Crippen LogP contribution < -0.4 is 4.90 Å². The Labute approximate surface area is 134 Å². The second-order valence-corrected chi connectivity index (χ2v) is 5.50. The van der Waals surface area contributed by atoms with E-state index >= 15 is 0 Å². The van der Waals surface area contributed by atoms with Gasteiger partial charge in [0, 0.05) is 27.1 Å². The second-order valence-electron chi connectivity index (χ2n) is 4.62. The van der Waals surface area contributed by atoms with Crippen molar-refractivity contribution >= 4 is 40.3 Å². The van der Waals surface area contributed by atoms with E-state index in [1.54, 1.807) is 0 Å². The number of hydrogen-bond acceptors (Lipinski definition) is 1. The standard InChI is InChI=1S/C18H13Cl2N/c19-14-6-10-17(11-7-14)21(16-4-2-1-3-5-16)18-12-8-15(20)9-13-18/h1-13H. The monoisotopic (exact) mass is 313 g/mol. The molecule has 0 N–H and O–H groups in total. The molecule has 3 aromatic carbocycles. The summed E-state index contributed by atoms with van der Waals surface area (Å²) in [6.45, 7) is 0. The zero-order valence-electron chi connectivity index (χ0n) is 11.2. The fourth-order valence-corrected chi connectivity index (χ4v) is 2.46. The number of para-hydroxylation sites is 1. The molecule has 104 valence electrons. The molecule has 21 heavy (non-hydrogen) atoms. The predicted octanol–water partition coefficient (Wildman–Crippen LogP) is 6.46. The molecule has 0 atom stereocenters. The SMILES string of the molecule is Clc1ccc(N(c2ccccc2)c2ccc(Cl)cc2)cc1. The normalized spacial score (nSPS) is 10.4. The van der Waals surface area contributed by atoms with Gasteiger partial charge in [0.15, 0.2) is 0 Å². The molecular formula is C18H13Cl2N. The number of halogens is 2. The maximum atomic E-state index is 5.99. The molecule has 0 radical (unpaired) electrons. The number of benzene rings is 3. The van der Waals surface area contributed by atoms with Crippen LogP contribution in [0, 0.1) is 0 Å². The highest BCUT2D eigenvalue weighted by Gasteiger charge is 2.11. The van der Waals surface area contributed by atoms with Crippen molar-refractivity contribution in [1.29, 1.82) is 0 Å². The van der Waals surface area contributed by atoms with Gasteiger partial charge >= 0.3 is 0 Å². The Hall–Kier alpha value is -1.96. The molecule has 0 aliphatic rings. The van der Waals surface area contributed by atoms with E-state index in [4.69, 9.17) is 23.2 Å². The van der Waals surface area contributed by atoms with Gasteiger partial charge in [-0.2, -0.15) is 0 Å². The summed E-state index contributed by atoms with van der Waals surface area (Å²) in [5.41, 5.74) is 3.18. The highest BCUT2D eigenvalue weighted by molar-refractivity contribution is 6.31. The lowest BCUT2D eigenvalue weighted by atomic mass is 10.2. The number of rotatable bonds is 3. The molecule has 0 unspecified atom stereocenters. The maximum Gasteiger partial charge on any atom is 0.0462 e. The minimum absolute atomic E-state index is 0.725. The number of hydrogen-bond donors (Lipinski definition) is 0. The van der Waals surface area contributed by atoms with Crippen LogP contribution in [0.3, 0.4) is 0 Å². The molecule has 0 bridgehead atoms. The molecule has 0 aromatic heterocycles. The summed E-state index contributed by atoms with van der Waals surface area (Å²) < 4.78 is 0. The fourth-order valence-electron chi connectivity index (χ4n) is 2.20. The van der Waals surface area contributed by atoms with E-state index in [0.717, 1.165) is 27.1 Å². The van der Waals surface area contributed by atoms with Crippen LogP contribution in [-0.4, -0.2) is 0 Å². The molecule has 0 aliphatic carbocycles. The molecular weight excluding hydrogens is 301 g/mol. The van der Waals surface area contributed by atoms with Crippen LogP contribution in [-0.2, 0) is 0 Å². The predicted molar refractivity (Wildman–Crippen MR) is 91.1 cm³/mol. The molecule has 0 aliphatic heterocycles. The van der Waals surface area contributed by atoms with Gasteiger partial charge in [0.25, 0.3) is 0 Å². The molecule has 0 fully saturated rings. The van der Waals surface area contributed by atoms with Crippen molar-refractivity contribution < 1.29 is 0 Å². The first-order chi connectivity index (χ1) is 10.2. The summed E-state index contributed by atoms with van der Waals surface area (Å²) in [4.78, 5) is 2.16. The molecule has 0 amide bonds. The topological polar surface area (TPSA) is 3.24 Å². The van der Waals surface area contributed by atoms with Crippen LogP contribution in [0.15, 0.2) is 78.9 Å². The smallest absolute Gasteiger partial charge is 0.0462 e. The Bertz CT molecular complexity index is 661. The molecule has 0 spiro atoms. The van der Waals surface area contributed by atoms with Gasteiger partial charge in [-0.1, -0.05) is 41.4 Å². The highest BCUT2D eigenvalue weighted by Crippen LogP contribution is 2.35. The Morgan fingerprint density at radius 1 is 0.476 bits per heavy atom. The first kappa shape index (κ1) is 14.0. The molecule has 0 saturated carbocycles. The van der Waals surface area contributed by atoms with Gasteiger partial charge in [-0.05, 0) is 60.7 Å². The van der Waals surface area contributed by atoms with Crippen molar-refractivity contribution in [3.05, 3.63) is 88.9 Å². The number of nitrogens with zero attached hydrogens (tertiary/aromatic N) is 1. The Balaban J connectivity index is 2.11. The summed E-state index contributed by atoms with van der Waals surface area (Å²) in [6, 6.07) is 25.8. The minimum atomic E-state index is 0.725. The van der Waals surface area contributed by atoms with Crippen molar-refractivity contribution in [2.45, 2.75) is 0 Å². The lowest BCUT2D eigenvalue weighted by molar-refractivity contribution is 1.28. The van der Waals surface area contributed by atoms with E-state index < -0.39 is 0 Å². The first-order valence-electron chi connectivity index (χ1n) is 6.60. The largest absolute Gasteiger partial charge is 0.311 e. The van der Waals surface area contributed by atoms with Crippen molar-refractivity contribution in [3.63, 3.8) is 0 Å². The number of anilines is 3. The maximum absolute atomic E-state index is 5.99. The van der Waals surface area contributed by atoms with Gasteiger partial charge in [-0.15, -0.1) is 0 Å². The van der Waals surface area contributed by atoms with Crippen molar-refractivity contribution in [2.75, 3.05) is 4.90 Å². The molecule has 0 heterocycles. The van der Waals surface area contributed by atoms with Crippen LogP contribution in [0.1, 0.15) is 0 Å². The fraction of sp³-hybridized carbons (Fsp3) is 0. The van der Waals surface area contributed by atoms with Gasteiger partial charge in [0.1, 0.15) is 0 Å². The van der Waals surface area contributed by atoms with Crippen LogP contribution in [0.4, 0.5) is 17.1 Å². The van der Waals surface area contributed by atoms with E-state index in [1.165, 1.54) is 0 Å². The Kier molecular flexibility index (Phi) is 4.14. The Morgan fingerprint density at radius 2 is 0.857 bits per heavy atom. The van der Waals surface area contributed by atoms with Crippen LogP contribution >= 0.6 is 23.2 Å². The first-order valence-corrected chi connectivity index (χ1v) is 7.36. The summed E-state index contributed by atoms with van der Waals surface area (Å²) >= 11 is 12.0. The molecule has 1 nitrogen and oxygen atoms in total. The highest BCUT2D eigenvalue weighted by atomic mass is 35.5. The molecule has 3 aromatic rings. The van der Waals surface area contributed by atoms with Crippen LogP contribution in [0.25, 0.3) is 0 Å². The van der Waals surface area contributed by atoms with E-state index in [0.29, 0.717) is 0 Å². The third-order valence-electron chi connectivity index (χ3n) is 3.18. The van der Waals surface area contributed by atoms with E-state index in [9.17, 15) is 0 Å². The van der Waals surface area contributed by atoms with Gasteiger partial charge in [-0.3, -0.25) is 0 Å². The minimum Gasteiger partial charge on any atom is -0.311 e. The summed E-state index contributed by atoms with van der Waals surface area (Å²) in [6.07, 6.45) is 0. The quantitative estimate of drug-likeness (QED) is 0.536. The summed E-state index contributed by atoms with van der Waals surface area (Å²) in [7, 11) is 0. The average Bonchev–Trinajstić information content (AvgIpc) is 2.52. The molecule has 3 heteroatoms. The summed E-state index contributed by atoms with van der Waals surface area (Å²) in [5, 5.41) is 1.45. The Morgan fingerprint density at radius 3 is 1.29 bits per heavy atom. The lowest BCUT2D eigenvalue weighted by Crippen LogP contribution is -2.09. The zero-order chi connectivity index (χ0) is 14.7. The van der Waals surface area contributed by atoms with Gasteiger partial charge in [-0.25, -0.2) is 0 Å².